The van der Waals surface area contributed by atoms with Crippen molar-refractivity contribution in [3.63, 3.8) is 0 Å². The molecular formula is C55H49N. The van der Waals surface area contributed by atoms with Crippen LogP contribution in [-0.4, -0.2) is 0 Å². The standard InChI is InChI=1S/C55H49N/c1-53(2)29-30-54(3,4)51-33-38(27-28-49(51)53)46-34-47-44-25-14-15-26-48(44)55(5,6)50(47)35-52(46)56(39-19-8-7-9-20-39)40-21-16-18-36(31-40)45-32-37-17-10-11-22-41(37)42-23-12-13-24-43(42)45/h7-28,31-35H,29-30H2,1-6H3. The molecule has 56 heavy (non-hydrogen) atoms. The predicted molar refractivity (Wildman–Crippen MR) is 240 cm³/mol. The molecule has 0 amide bonds. The highest BCUT2D eigenvalue weighted by atomic mass is 15.1. The first-order chi connectivity index (χ1) is 27.0. The Labute approximate surface area is 332 Å². The molecule has 8 aromatic rings. The van der Waals surface area contributed by atoms with E-state index >= 15 is 0 Å². The minimum Gasteiger partial charge on any atom is -0.310 e. The van der Waals surface area contributed by atoms with Crippen molar-refractivity contribution in [2.45, 2.75) is 70.6 Å². The molecule has 0 unspecified atom stereocenters. The van der Waals surface area contributed by atoms with Crippen molar-refractivity contribution in [2.75, 3.05) is 4.90 Å². The van der Waals surface area contributed by atoms with E-state index in [2.05, 4.69) is 210 Å². The van der Waals surface area contributed by atoms with Crippen LogP contribution in [0.4, 0.5) is 17.1 Å². The summed E-state index contributed by atoms with van der Waals surface area (Å²) in [4.78, 5) is 2.51. The largest absolute Gasteiger partial charge is 0.310 e. The second-order valence-electron chi connectivity index (χ2n) is 18.0. The Morgan fingerprint density at radius 2 is 1.02 bits per heavy atom. The molecule has 0 heterocycles. The van der Waals surface area contributed by atoms with E-state index in [-0.39, 0.29) is 16.2 Å². The summed E-state index contributed by atoms with van der Waals surface area (Å²) in [6.45, 7) is 14.5. The zero-order chi connectivity index (χ0) is 38.4. The van der Waals surface area contributed by atoms with E-state index in [0.717, 1.165) is 11.4 Å². The fourth-order valence-electron chi connectivity index (χ4n) is 10.0. The molecule has 0 aliphatic heterocycles. The Balaban J connectivity index is 1.25. The lowest BCUT2D eigenvalue weighted by atomic mass is 9.63. The highest BCUT2D eigenvalue weighted by Crippen LogP contribution is 2.55. The van der Waals surface area contributed by atoms with Gasteiger partial charge in [0.2, 0.25) is 0 Å². The van der Waals surface area contributed by atoms with Gasteiger partial charge in [0, 0.05) is 22.4 Å². The summed E-state index contributed by atoms with van der Waals surface area (Å²) in [5.41, 5.74) is 17.0. The summed E-state index contributed by atoms with van der Waals surface area (Å²) in [5, 5.41) is 5.10. The number of rotatable bonds is 5. The Bertz CT molecular complexity index is 2840. The molecule has 0 saturated carbocycles. The van der Waals surface area contributed by atoms with Gasteiger partial charge >= 0.3 is 0 Å². The van der Waals surface area contributed by atoms with E-state index in [4.69, 9.17) is 0 Å². The van der Waals surface area contributed by atoms with Gasteiger partial charge in [0.25, 0.3) is 0 Å². The number of para-hydroxylation sites is 1. The molecular weight excluding hydrogens is 675 g/mol. The molecule has 2 aliphatic carbocycles. The normalized spacial score (nSPS) is 16.0. The molecule has 2 aliphatic rings. The summed E-state index contributed by atoms with van der Waals surface area (Å²) in [5.74, 6) is 0. The van der Waals surface area contributed by atoms with Crippen LogP contribution < -0.4 is 4.90 Å². The first-order valence-corrected chi connectivity index (χ1v) is 20.3. The maximum atomic E-state index is 2.54. The SMILES string of the molecule is CC1(C)CCC(C)(C)c2cc(-c3cc4c(cc3N(c3ccccc3)c3cccc(-c5cc6ccccc6c6ccccc56)c3)C(C)(C)c3ccccc3-4)ccc21. The number of fused-ring (bicyclic) bond motifs is 7. The Kier molecular flexibility index (Phi) is 7.75. The summed E-state index contributed by atoms with van der Waals surface area (Å²) >= 11 is 0. The topological polar surface area (TPSA) is 3.24 Å². The highest BCUT2D eigenvalue weighted by molar-refractivity contribution is 6.14. The number of benzene rings is 8. The van der Waals surface area contributed by atoms with Crippen molar-refractivity contribution >= 4 is 38.6 Å². The van der Waals surface area contributed by atoms with Gasteiger partial charge in [-0.1, -0.05) is 163 Å². The van der Waals surface area contributed by atoms with Crippen molar-refractivity contribution < 1.29 is 0 Å². The minimum atomic E-state index is -0.144. The molecule has 0 spiro atoms. The third-order valence-corrected chi connectivity index (χ3v) is 13.3. The Hall–Kier alpha value is -5.92. The summed E-state index contributed by atoms with van der Waals surface area (Å²) in [7, 11) is 0. The maximum absolute atomic E-state index is 2.54. The van der Waals surface area contributed by atoms with E-state index in [9.17, 15) is 0 Å². The van der Waals surface area contributed by atoms with Gasteiger partial charge in [-0.3, -0.25) is 0 Å². The zero-order valence-corrected chi connectivity index (χ0v) is 33.4. The van der Waals surface area contributed by atoms with Gasteiger partial charge in [-0.15, -0.1) is 0 Å². The van der Waals surface area contributed by atoms with Crippen LogP contribution >= 0.6 is 0 Å². The Morgan fingerprint density at radius 3 is 1.82 bits per heavy atom. The van der Waals surface area contributed by atoms with Gasteiger partial charge in [-0.05, 0) is 138 Å². The summed E-state index contributed by atoms with van der Waals surface area (Å²) in [6, 6.07) is 61.6. The van der Waals surface area contributed by atoms with Gasteiger partial charge in [-0.2, -0.15) is 0 Å². The van der Waals surface area contributed by atoms with E-state index < -0.39 is 0 Å². The van der Waals surface area contributed by atoms with Crippen LogP contribution in [-0.2, 0) is 16.2 Å². The molecule has 0 saturated heterocycles. The van der Waals surface area contributed by atoms with E-state index in [1.807, 2.05) is 0 Å². The van der Waals surface area contributed by atoms with Gasteiger partial charge in [0.15, 0.2) is 0 Å². The van der Waals surface area contributed by atoms with Crippen LogP contribution in [0, 0.1) is 0 Å². The lowest BCUT2D eigenvalue weighted by Crippen LogP contribution is -2.33. The van der Waals surface area contributed by atoms with Crippen molar-refractivity contribution in [3.05, 3.63) is 186 Å². The summed E-state index contributed by atoms with van der Waals surface area (Å²) < 4.78 is 0. The molecule has 0 atom stereocenters. The number of anilines is 3. The van der Waals surface area contributed by atoms with Crippen LogP contribution in [0.3, 0.4) is 0 Å². The average molecular weight is 724 g/mol. The van der Waals surface area contributed by atoms with Crippen molar-refractivity contribution in [3.8, 4) is 33.4 Å². The third-order valence-electron chi connectivity index (χ3n) is 13.3. The average Bonchev–Trinajstić information content (AvgIpc) is 3.44. The van der Waals surface area contributed by atoms with E-state index in [0.29, 0.717) is 0 Å². The van der Waals surface area contributed by atoms with Gasteiger partial charge in [-0.25, -0.2) is 0 Å². The quantitative estimate of drug-likeness (QED) is 0.160. The van der Waals surface area contributed by atoms with Crippen LogP contribution in [0.25, 0.3) is 54.9 Å². The minimum absolute atomic E-state index is 0.0996. The molecule has 274 valence electrons. The second kappa shape index (κ2) is 12.6. The smallest absolute Gasteiger partial charge is 0.0543 e. The van der Waals surface area contributed by atoms with Crippen LogP contribution in [0.1, 0.15) is 76.6 Å². The fraction of sp³-hybridized carbons (Fsp3) is 0.200. The van der Waals surface area contributed by atoms with E-state index in [1.165, 1.54) is 95.7 Å². The van der Waals surface area contributed by atoms with Crippen LogP contribution in [0.2, 0.25) is 0 Å². The van der Waals surface area contributed by atoms with Crippen LogP contribution in [0.5, 0.6) is 0 Å². The van der Waals surface area contributed by atoms with Gasteiger partial charge in [0.05, 0.1) is 5.69 Å². The molecule has 10 rings (SSSR count). The van der Waals surface area contributed by atoms with Crippen molar-refractivity contribution in [2.24, 2.45) is 0 Å². The molecule has 0 aromatic heterocycles. The third kappa shape index (κ3) is 5.35. The molecule has 0 radical (unpaired) electrons. The van der Waals surface area contributed by atoms with Crippen LogP contribution in [0.15, 0.2) is 164 Å². The molecule has 1 nitrogen and oxygen atoms in total. The highest BCUT2D eigenvalue weighted by Gasteiger charge is 2.39. The maximum Gasteiger partial charge on any atom is 0.0543 e. The van der Waals surface area contributed by atoms with Gasteiger partial charge in [0.1, 0.15) is 0 Å². The molecule has 1 heteroatoms. The van der Waals surface area contributed by atoms with E-state index in [1.54, 1.807) is 0 Å². The first-order valence-electron chi connectivity index (χ1n) is 20.3. The lowest BCUT2D eigenvalue weighted by molar-refractivity contribution is 0.332. The zero-order valence-electron chi connectivity index (χ0n) is 33.4. The number of hydrogen-bond donors (Lipinski definition) is 0. The lowest BCUT2D eigenvalue weighted by Gasteiger charge is -2.42. The van der Waals surface area contributed by atoms with Crippen molar-refractivity contribution in [1.82, 2.24) is 0 Å². The fourth-order valence-corrected chi connectivity index (χ4v) is 10.0. The molecule has 0 bridgehead atoms. The molecule has 0 N–H and O–H groups in total. The summed E-state index contributed by atoms with van der Waals surface area (Å²) in [6.07, 6.45) is 2.38. The number of nitrogens with zero attached hydrogens (tertiary/aromatic N) is 1. The predicted octanol–water partition coefficient (Wildman–Crippen LogP) is 15.5. The first kappa shape index (κ1) is 34.6. The Morgan fingerprint density at radius 1 is 0.375 bits per heavy atom. The number of hydrogen-bond acceptors (Lipinski definition) is 1. The monoisotopic (exact) mass is 723 g/mol. The molecule has 0 fully saturated rings. The second-order valence-corrected chi connectivity index (χ2v) is 18.0. The molecule has 8 aromatic carbocycles. The van der Waals surface area contributed by atoms with Gasteiger partial charge < -0.3 is 4.90 Å². The van der Waals surface area contributed by atoms with Crippen molar-refractivity contribution in [1.29, 1.82) is 0 Å².